The number of aromatic nitrogens is 1. The van der Waals surface area contributed by atoms with Crippen molar-refractivity contribution >= 4 is 16.8 Å². The van der Waals surface area contributed by atoms with E-state index in [1.165, 1.54) is 5.56 Å². The van der Waals surface area contributed by atoms with Gasteiger partial charge in [-0.1, -0.05) is 48.5 Å². The molecule has 1 aliphatic rings. The van der Waals surface area contributed by atoms with Crippen molar-refractivity contribution in [3.8, 4) is 0 Å². The zero-order chi connectivity index (χ0) is 15.8. The third kappa shape index (κ3) is 2.63. The molecule has 3 nitrogen and oxygen atoms in total. The Morgan fingerprint density at radius 2 is 1.78 bits per heavy atom. The standard InChI is InChI=1S/C20H20N2O/c1-21-14-18(17-9-5-6-10-19(17)21)20(23)22(16-11-12-16)13-15-7-3-2-4-8-15/h2-10,14,16H,11-13H2,1H3. The Kier molecular flexibility index (Phi) is 3.41. The molecule has 4 rings (SSSR count). The number of aryl methyl sites for hydroxylation is 1. The minimum absolute atomic E-state index is 0.146. The van der Waals surface area contributed by atoms with Crippen molar-refractivity contribution in [3.63, 3.8) is 0 Å². The van der Waals surface area contributed by atoms with Crippen molar-refractivity contribution < 1.29 is 4.79 Å². The summed E-state index contributed by atoms with van der Waals surface area (Å²) in [5.41, 5.74) is 3.10. The zero-order valence-corrected chi connectivity index (χ0v) is 13.3. The van der Waals surface area contributed by atoms with Crippen molar-refractivity contribution in [1.82, 2.24) is 9.47 Å². The van der Waals surface area contributed by atoms with Crippen LogP contribution in [-0.4, -0.2) is 21.4 Å². The largest absolute Gasteiger partial charge is 0.350 e. The van der Waals surface area contributed by atoms with Crippen LogP contribution in [0.25, 0.3) is 10.9 Å². The normalized spacial score (nSPS) is 14.1. The second kappa shape index (κ2) is 5.58. The lowest BCUT2D eigenvalue weighted by molar-refractivity contribution is 0.0731. The summed E-state index contributed by atoms with van der Waals surface area (Å²) in [5, 5.41) is 1.04. The first kappa shape index (κ1) is 14.1. The molecule has 0 bridgehead atoms. The Balaban J connectivity index is 1.70. The van der Waals surface area contributed by atoms with Gasteiger partial charge in [0.1, 0.15) is 0 Å². The van der Waals surface area contributed by atoms with Crippen LogP contribution < -0.4 is 0 Å². The minimum atomic E-state index is 0.146. The number of amides is 1. The number of carbonyl (C=O) groups is 1. The molecule has 1 fully saturated rings. The molecule has 0 aliphatic heterocycles. The van der Waals surface area contributed by atoms with Gasteiger partial charge in [0, 0.05) is 36.7 Å². The molecule has 0 unspecified atom stereocenters. The first-order valence-electron chi connectivity index (χ1n) is 8.13. The van der Waals surface area contributed by atoms with E-state index in [0.29, 0.717) is 12.6 Å². The van der Waals surface area contributed by atoms with Gasteiger partial charge >= 0.3 is 0 Å². The topological polar surface area (TPSA) is 25.2 Å². The summed E-state index contributed by atoms with van der Waals surface area (Å²) >= 11 is 0. The lowest BCUT2D eigenvalue weighted by Crippen LogP contribution is -2.32. The van der Waals surface area contributed by atoms with Crippen LogP contribution in [0.1, 0.15) is 28.8 Å². The maximum absolute atomic E-state index is 13.2. The van der Waals surface area contributed by atoms with Gasteiger partial charge in [-0.25, -0.2) is 0 Å². The van der Waals surface area contributed by atoms with E-state index in [2.05, 4.69) is 18.2 Å². The van der Waals surface area contributed by atoms with Crippen LogP contribution in [0.2, 0.25) is 0 Å². The average Bonchev–Trinajstić information content (AvgIpc) is 3.37. The fourth-order valence-corrected chi connectivity index (χ4v) is 3.20. The van der Waals surface area contributed by atoms with Gasteiger partial charge in [-0.2, -0.15) is 0 Å². The van der Waals surface area contributed by atoms with Gasteiger partial charge in [0.05, 0.1) is 5.56 Å². The van der Waals surface area contributed by atoms with Crippen LogP contribution in [0.15, 0.2) is 60.8 Å². The van der Waals surface area contributed by atoms with E-state index in [1.807, 2.05) is 59.1 Å². The molecule has 2 aromatic carbocycles. The molecule has 1 aromatic heterocycles. The Labute approximate surface area is 136 Å². The van der Waals surface area contributed by atoms with E-state index in [4.69, 9.17) is 0 Å². The third-order valence-electron chi connectivity index (χ3n) is 4.57. The number of rotatable bonds is 4. The molecule has 116 valence electrons. The highest BCUT2D eigenvalue weighted by molar-refractivity contribution is 6.07. The summed E-state index contributed by atoms with van der Waals surface area (Å²) in [6, 6.07) is 18.8. The number of hydrogen-bond acceptors (Lipinski definition) is 1. The Bertz CT molecular complexity index is 846. The van der Waals surface area contributed by atoms with E-state index in [9.17, 15) is 4.79 Å². The second-order valence-corrected chi connectivity index (χ2v) is 6.32. The fourth-order valence-electron chi connectivity index (χ4n) is 3.20. The predicted molar refractivity (Wildman–Crippen MR) is 92.3 cm³/mol. The number of nitrogens with zero attached hydrogens (tertiary/aromatic N) is 2. The van der Waals surface area contributed by atoms with Gasteiger partial charge in [-0.3, -0.25) is 4.79 Å². The second-order valence-electron chi connectivity index (χ2n) is 6.32. The summed E-state index contributed by atoms with van der Waals surface area (Å²) in [6.07, 6.45) is 4.19. The smallest absolute Gasteiger partial charge is 0.256 e. The summed E-state index contributed by atoms with van der Waals surface area (Å²) in [4.78, 5) is 15.2. The van der Waals surface area contributed by atoms with E-state index in [1.54, 1.807) is 0 Å². The maximum atomic E-state index is 13.2. The summed E-state index contributed by atoms with van der Waals surface area (Å²) < 4.78 is 2.04. The number of para-hydroxylation sites is 1. The van der Waals surface area contributed by atoms with Crippen LogP contribution in [-0.2, 0) is 13.6 Å². The van der Waals surface area contributed by atoms with Crippen molar-refractivity contribution in [2.75, 3.05) is 0 Å². The van der Waals surface area contributed by atoms with Gasteiger partial charge in [0.2, 0.25) is 0 Å². The van der Waals surface area contributed by atoms with Gasteiger partial charge in [0.25, 0.3) is 5.91 Å². The molecule has 3 aromatic rings. The molecule has 1 heterocycles. The van der Waals surface area contributed by atoms with Crippen molar-refractivity contribution in [3.05, 3.63) is 71.9 Å². The summed E-state index contributed by atoms with van der Waals surface area (Å²) in [5.74, 6) is 0.146. The molecule has 0 radical (unpaired) electrons. The third-order valence-corrected chi connectivity index (χ3v) is 4.57. The monoisotopic (exact) mass is 304 g/mol. The Morgan fingerprint density at radius 1 is 1.09 bits per heavy atom. The molecule has 1 amide bonds. The van der Waals surface area contributed by atoms with Gasteiger partial charge < -0.3 is 9.47 Å². The first-order chi connectivity index (χ1) is 11.2. The molecule has 0 atom stereocenters. The molecular formula is C20H20N2O. The zero-order valence-electron chi connectivity index (χ0n) is 13.3. The highest BCUT2D eigenvalue weighted by atomic mass is 16.2. The molecule has 1 saturated carbocycles. The van der Waals surface area contributed by atoms with Gasteiger partial charge in [-0.15, -0.1) is 0 Å². The van der Waals surface area contributed by atoms with Crippen molar-refractivity contribution in [1.29, 1.82) is 0 Å². The molecule has 1 aliphatic carbocycles. The predicted octanol–water partition coefficient (Wildman–Crippen LogP) is 3.98. The fraction of sp³-hybridized carbons (Fsp3) is 0.250. The lowest BCUT2D eigenvalue weighted by Gasteiger charge is -2.22. The van der Waals surface area contributed by atoms with Crippen LogP contribution in [0.4, 0.5) is 0 Å². The molecule has 23 heavy (non-hydrogen) atoms. The Hall–Kier alpha value is -2.55. The number of benzene rings is 2. The number of hydrogen-bond donors (Lipinski definition) is 0. The van der Waals surface area contributed by atoms with Crippen LogP contribution in [0.5, 0.6) is 0 Å². The highest BCUT2D eigenvalue weighted by Crippen LogP contribution is 2.31. The van der Waals surface area contributed by atoms with E-state index < -0.39 is 0 Å². The number of carbonyl (C=O) groups excluding carboxylic acids is 1. The van der Waals surface area contributed by atoms with Crippen molar-refractivity contribution in [2.24, 2.45) is 7.05 Å². The highest BCUT2D eigenvalue weighted by Gasteiger charge is 2.34. The molecule has 0 N–H and O–H groups in total. The molecule has 0 saturated heterocycles. The minimum Gasteiger partial charge on any atom is -0.350 e. The van der Waals surface area contributed by atoms with Gasteiger partial charge in [0.15, 0.2) is 0 Å². The maximum Gasteiger partial charge on any atom is 0.256 e. The molecule has 3 heteroatoms. The van der Waals surface area contributed by atoms with E-state index >= 15 is 0 Å². The quantitative estimate of drug-likeness (QED) is 0.715. The first-order valence-corrected chi connectivity index (χ1v) is 8.13. The average molecular weight is 304 g/mol. The summed E-state index contributed by atoms with van der Waals surface area (Å²) in [7, 11) is 2.00. The van der Waals surface area contributed by atoms with Crippen LogP contribution >= 0.6 is 0 Å². The SMILES string of the molecule is Cn1cc(C(=O)N(Cc2ccccc2)C2CC2)c2ccccc21. The Morgan fingerprint density at radius 3 is 2.52 bits per heavy atom. The van der Waals surface area contributed by atoms with E-state index in [-0.39, 0.29) is 5.91 Å². The molecule has 0 spiro atoms. The van der Waals surface area contributed by atoms with Crippen LogP contribution in [0, 0.1) is 0 Å². The van der Waals surface area contributed by atoms with Crippen LogP contribution in [0.3, 0.4) is 0 Å². The lowest BCUT2D eigenvalue weighted by atomic mass is 10.1. The van der Waals surface area contributed by atoms with Gasteiger partial charge in [-0.05, 0) is 24.5 Å². The number of fused-ring (bicyclic) bond motifs is 1. The van der Waals surface area contributed by atoms with Crippen molar-refractivity contribution in [2.45, 2.75) is 25.4 Å². The molecular weight excluding hydrogens is 284 g/mol. The summed E-state index contributed by atoms with van der Waals surface area (Å²) in [6.45, 7) is 0.688. The van der Waals surface area contributed by atoms with E-state index in [0.717, 1.165) is 29.3 Å².